The Morgan fingerprint density at radius 1 is 1.34 bits per heavy atom. The van der Waals surface area contributed by atoms with Gasteiger partial charge in [-0.15, -0.1) is 5.10 Å². The van der Waals surface area contributed by atoms with Crippen LogP contribution in [0.4, 0.5) is 5.82 Å². The average molecular weight is 402 g/mol. The third-order valence-corrected chi connectivity index (χ3v) is 5.77. The summed E-state index contributed by atoms with van der Waals surface area (Å²) in [6.45, 7) is 8.22. The predicted octanol–water partition coefficient (Wildman–Crippen LogP) is 2.64. The molecule has 1 unspecified atom stereocenters. The second-order valence-corrected chi connectivity index (χ2v) is 8.48. The fourth-order valence-corrected chi connectivity index (χ4v) is 4.33. The molecule has 1 saturated heterocycles. The lowest BCUT2D eigenvalue weighted by molar-refractivity contribution is 0.0672. The van der Waals surface area contributed by atoms with Crippen LogP contribution in [0.1, 0.15) is 30.9 Å². The molecular weight excluding hydrogens is 370 g/mol. The largest absolute Gasteiger partial charge is 0.481 e. The summed E-state index contributed by atoms with van der Waals surface area (Å²) in [5.74, 6) is 2.21. The molecule has 4 heterocycles. The van der Waals surface area contributed by atoms with Gasteiger partial charge in [-0.25, -0.2) is 9.67 Å². The lowest BCUT2D eigenvalue weighted by atomic mass is 9.83. The van der Waals surface area contributed by atoms with Crippen molar-refractivity contribution in [3.63, 3.8) is 0 Å². The number of ether oxygens (including phenoxy) is 3. The van der Waals surface area contributed by atoms with Crippen LogP contribution in [-0.2, 0) is 11.2 Å². The van der Waals surface area contributed by atoms with Crippen molar-refractivity contribution in [2.45, 2.75) is 33.1 Å². The third kappa shape index (κ3) is 4.18. The highest BCUT2D eigenvalue weighted by atomic mass is 16.5. The second kappa shape index (κ2) is 8.20. The van der Waals surface area contributed by atoms with Crippen LogP contribution in [0.25, 0.3) is 5.69 Å². The van der Waals surface area contributed by atoms with Gasteiger partial charge in [0.05, 0.1) is 37.8 Å². The monoisotopic (exact) mass is 401 g/mol. The average Bonchev–Trinajstić information content (AvgIpc) is 2.86. The number of pyridine rings is 1. The van der Waals surface area contributed by atoms with E-state index in [1.807, 2.05) is 17.7 Å². The van der Waals surface area contributed by atoms with Gasteiger partial charge in [-0.05, 0) is 39.4 Å². The van der Waals surface area contributed by atoms with Crippen molar-refractivity contribution < 1.29 is 14.2 Å². The molecule has 8 heteroatoms. The van der Waals surface area contributed by atoms with Gasteiger partial charge < -0.3 is 24.4 Å². The summed E-state index contributed by atoms with van der Waals surface area (Å²) < 4.78 is 19.1. The molecule has 1 fully saturated rings. The van der Waals surface area contributed by atoms with Crippen molar-refractivity contribution in [2.24, 2.45) is 5.41 Å². The number of hydrogen-bond donors (Lipinski definition) is 1. The van der Waals surface area contributed by atoms with Crippen LogP contribution < -0.4 is 14.8 Å². The predicted molar refractivity (Wildman–Crippen MR) is 111 cm³/mol. The topological polar surface area (TPSA) is 73.7 Å². The molecule has 158 valence electrons. The summed E-state index contributed by atoms with van der Waals surface area (Å²) >= 11 is 0. The molecule has 0 radical (unpaired) electrons. The third-order valence-electron chi connectivity index (χ3n) is 5.77. The molecule has 0 aliphatic carbocycles. The standard InChI is InChI=1S/C21H31N5O3/c1-15-10-16(11-22-19(15)27-4)26-18-17(6-9-28-14-23-18)20(24-26)29-13-21(2)7-5-8-25(3)12-21/h10-11,23H,5-9,12-14H2,1-4H3. The molecule has 0 amide bonds. The maximum absolute atomic E-state index is 6.33. The maximum Gasteiger partial charge on any atom is 0.238 e. The quantitative estimate of drug-likeness (QED) is 0.826. The van der Waals surface area contributed by atoms with Gasteiger partial charge in [0.2, 0.25) is 11.8 Å². The SMILES string of the molecule is COc1ncc(-n2nc(OCC3(C)CCCN(C)C3)c3c2NCOCC3)cc1C. The maximum atomic E-state index is 6.33. The highest BCUT2D eigenvalue weighted by Gasteiger charge is 2.32. The van der Waals surface area contributed by atoms with E-state index in [-0.39, 0.29) is 5.41 Å². The Labute approximate surface area is 172 Å². The van der Waals surface area contributed by atoms with Crippen molar-refractivity contribution in [1.82, 2.24) is 19.7 Å². The number of likely N-dealkylation sites (tertiary alicyclic amines) is 1. The Hall–Kier alpha value is -2.32. The van der Waals surface area contributed by atoms with Gasteiger partial charge in [-0.1, -0.05) is 6.92 Å². The van der Waals surface area contributed by atoms with Crippen molar-refractivity contribution >= 4 is 5.82 Å². The fourth-order valence-electron chi connectivity index (χ4n) is 4.33. The molecular formula is C21H31N5O3. The lowest BCUT2D eigenvalue weighted by Gasteiger charge is -2.38. The van der Waals surface area contributed by atoms with Crippen molar-refractivity contribution in [3.8, 4) is 17.4 Å². The summed E-state index contributed by atoms with van der Waals surface area (Å²) in [5.41, 5.74) is 3.02. The molecule has 1 N–H and O–H groups in total. The number of nitrogens with one attached hydrogen (secondary N) is 1. The molecule has 2 aliphatic rings. The molecule has 1 atom stereocenters. The van der Waals surface area contributed by atoms with Gasteiger partial charge in [-0.3, -0.25) is 0 Å². The minimum absolute atomic E-state index is 0.135. The van der Waals surface area contributed by atoms with Crippen LogP contribution in [0.3, 0.4) is 0 Å². The van der Waals surface area contributed by atoms with E-state index >= 15 is 0 Å². The van der Waals surface area contributed by atoms with Crippen molar-refractivity contribution in [3.05, 3.63) is 23.4 Å². The molecule has 2 aliphatic heterocycles. The van der Waals surface area contributed by atoms with Crippen LogP contribution in [0, 0.1) is 12.3 Å². The van der Waals surface area contributed by atoms with E-state index in [9.17, 15) is 0 Å². The van der Waals surface area contributed by atoms with Gasteiger partial charge in [0.15, 0.2) is 0 Å². The van der Waals surface area contributed by atoms with Crippen LogP contribution in [0.5, 0.6) is 11.8 Å². The lowest BCUT2D eigenvalue weighted by Crippen LogP contribution is -2.42. The smallest absolute Gasteiger partial charge is 0.238 e. The zero-order chi connectivity index (χ0) is 20.4. The van der Waals surface area contributed by atoms with Crippen molar-refractivity contribution in [1.29, 1.82) is 0 Å². The molecule has 0 spiro atoms. The summed E-state index contributed by atoms with van der Waals surface area (Å²) in [5, 5.41) is 8.16. The number of aryl methyl sites for hydroxylation is 1. The molecule has 8 nitrogen and oxygen atoms in total. The van der Waals surface area contributed by atoms with Crippen molar-refractivity contribution in [2.75, 3.05) is 52.5 Å². The summed E-state index contributed by atoms with van der Waals surface area (Å²) in [6, 6.07) is 2.02. The second-order valence-electron chi connectivity index (χ2n) is 8.48. The molecule has 0 saturated carbocycles. The number of hydrogen-bond acceptors (Lipinski definition) is 7. The van der Waals surface area contributed by atoms with Crippen LogP contribution in [0.2, 0.25) is 0 Å². The van der Waals surface area contributed by atoms with E-state index in [2.05, 4.69) is 29.2 Å². The summed E-state index contributed by atoms with van der Waals surface area (Å²) in [6.07, 6.45) is 4.91. The van der Waals surface area contributed by atoms with Crippen LogP contribution in [0.15, 0.2) is 12.3 Å². The number of aromatic nitrogens is 3. The number of piperidine rings is 1. The molecule has 0 aromatic carbocycles. The highest BCUT2D eigenvalue weighted by Crippen LogP contribution is 2.34. The van der Waals surface area contributed by atoms with E-state index in [4.69, 9.17) is 19.3 Å². The first-order valence-electron chi connectivity index (χ1n) is 10.2. The van der Waals surface area contributed by atoms with Gasteiger partial charge in [0.1, 0.15) is 12.5 Å². The Balaban J connectivity index is 1.63. The normalized spacial score (nSPS) is 22.5. The number of anilines is 1. The zero-order valence-electron chi connectivity index (χ0n) is 17.8. The first kappa shape index (κ1) is 20.0. The molecule has 4 rings (SSSR count). The van der Waals surface area contributed by atoms with E-state index in [0.717, 1.165) is 42.1 Å². The molecule has 29 heavy (non-hydrogen) atoms. The molecule has 2 aromatic rings. The van der Waals surface area contributed by atoms with Gasteiger partial charge >= 0.3 is 0 Å². The van der Waals surface area contributed by atoms with Crippen LogP contribution in [-0.4, -0.2) is 66.9 Å². The minimum atomic E-state index is 0.135. The van der Waals surface area contributed by atoms with E-state index in [1.54, 1.807) is 13.3 Å². The molecule has 0 bridgehead atoms. The Morgan fingerprint density at radius 2 is 2.21 bits per heavy atom. The Morgan fingerprint density at radius 3 is 2.97 bits per heavy atom. The van der Waals surface area contributed by atoms with E-state index in [1.165, 1.54) is 12.8 Å². The van der Waals surface area contributed by atoms with E-state index < -0.39 is 0 Å². The zero-order valence-corrected chi connectivity index (χ0v) is 17.8. The number of methoxy groups -OCH3 is 1. The first-order valence-corrected chi connectivity index (χ1v) is 10.2. The Kier molecular flexibility index (Phi) is 5.65. The van der Waals surface area contributed by atoms with Gasteiger partial charge in [0, 0.05) is 23.9 Å². The number of rotatable bonds is 5. The Bertz CT molecular complexity index is 868. The van der Waals surface area contributed by atoms with E-state index in [0.29, 0.717) is 31.7 Å². The highest BCUT2D eigenvalue weighted by molar-refractivity contribution is 5.56. The molecule has 2 aromatic heterocycles. The summed E-state index contributed by atoms with van der Waals surface area (Å²) in [4.78, 5) is 6.79. The number of fused-ring (bicyclic) bond motifs is 1. The minimum Gasteiger partial charge on any atom is -0.481 e. The van der Waals surface area contributed by atoms with Crippen LogP contribution >= 0.6 is 0 Å². The first-order chi connectivity index (χ1) is 14.0. The fraction of sp³-hybridized carbons (Fsp3) is 0.619. The number of nitrogens with zero attached hydrogens (tertiary/aromatic N) is 4. The van der Waals surface area contributed by atoms with Gasteiger partial charge in [0.25, 0.3) is 0 Å². The summed E-state index contributed by atoms with van der Waals surface area (Å²) in [7, 11) is 3.81. The van der Waals surface area contributed by atoms with Gasteiger partial charge in [-0.2, -0.15) is 0 Å².